The minimum absolute atomic E-state index is 0.212. The lowest BCUT2D eigenvalue weighted by Crippen LogP contribution is -2.32. The molecule has 2 rings (SSSR count). The fourth-order valence-corrected chi connectivity index (χ4v) is 3.23. The van der Waals surface area contributed by atoms with Crippen LogP contribution < -0.4 is 10.5 Å². The lowest BCUT2D eigenvalue weighted by Gasteiger charge is -2.25. The maximum absolute atomic E-state index is 12.3. The van der Waals surface area contributed by atoms with E-state index in [0.29, 0.717) is 18.0 Å². The van der Waals surface area contributed by atoms with E-state index in [1.165, 1.54) is 6.42 Å². The van der Waals surface area contributed by atoms with Crippen LogP contribution in [0.25, 0.3) is 0 Å². The molecule has 102 valence electrons. The van der Waals surface area contributed by atoms with E-state index in [2.05, 4.69) is 16.6 Å². The first-order valence-corrected chi connectivity index (χ1v) is 7.89. The maximum atomic E-state index is 12.3. The van der Waals surface area contributed by atoms with Crippen molar-refractivity contribution in [3.8, 4) is 11.8 Å². The van der Waals surface area contributed by atoms with Crippen molar-refractivity contribution in [3.63, 3.8) is 0 Å². The third-order valence-corrected chi connectivity index (χ3v) is 4.77. The Hall–Kier alpha value is -1.35. The van der Waals surface area contributed by atoms with Crippen LogP contribution >= 0.6 is 0 Å². The molecule has 0 saturated heterocycles. The van der Waals surface area contributed by atoms with E-state index in [1.54, 1.807) is 24.3 Å². The fourth-order valence-electron chi connectivity index (χ4n) is 1.95. The smallest absolute Gasteiger partial charge is 0.241 e. The molecule has 0 heterocycles. The van der Waals surface area contributed by atoms with E-state index in [1.807, 2.05) is 0 Å². The average Bonchev–Trinajstić information content (AvgIpc) is 2.34. The Kier molecular flexibility index (Phi) is 4.59. The molecule has 1 aliphatic carbocycles. The highest BCUT2D eigenvalue weighted by Crippen LogP contribution is 2.26. The molecule has 1 aromatic rings. The predicted molar refractivity (Wildman–Crippen MR) is 74.9 cm³/mol. The SMILES string of the molecule is NCC#Cc1ccccc1S(=O)(=O)NCC1CCC1. The summed E-state index contributed by atoms with van der Waals surface area (Å²) in [5, 5.41) is 0. The van der Waals surface area contributed by atoms with Gasteiger partial charge in [-0.25, -0.2) is 13.1 Å². The van der Waals surface area contributed by atoms with Gasteiger partial charge in [0.2, 0.25) is 10.0 Å². The molecule has 0 amide bonds. The van der Waals surface area contributed by atoms with E-state index >= 15 is 0 Å². The van der Waals surface area contributed by atoms with Crippen molar-refractivity contribution < 1.29 is 8.42 Å². The summed E-state index contributed by atoms with van der Waals surface area (Å²) in [4.78, 5) is 0.232. The Labute approximate surface area is 114 Å². The lowest BCUT2D eigenvalue weighted by molar-refractivity contribution is 0.316. The van der Waals surface area contributed by atoms with E-state index in [-0.39, 0.29) is 11.4 Å². The Bertz CT molecular complexity index is 595. The molecule has 0 spiro atoms. The van der Waals surface area contributed by atoms with Gasteiger partial charge in [0, 0.05) is 12.1 Å². The molecule has 4 nitrogen and oxygen atoms in total. The Balaban J connectivity index is 2.18. The van der Waals surface area contributed by atoms with Crippen molar-refractivity contribution in [2.45, 2.75) is 24.2 Å². The second-order valence-electron chi connectivity index (χ2n) is 4.65. The number of sulfonamides is 1. The molecule has 1 aliphatic rings. The van der Waals surface area contributed by atoms with E-state index in [4.69, 9.17) is 5.73 Å². The van der Waals surface area contributed by atoms with E-state index < -0.39 is 10.0 Å². The van der Waals surface area contributed by atoms with Crippen molar-refractivity contribution in [2.24, 2.45) is 11.7 Å². The number of hydrogen-bond acceptors (Lipinski definition) is 3. The minimum Gasteiger partial charge on any atom is -0.320 e. The van der Waals surface area contributed by atoms with Gasteiger partial charge in [-0.05, 0) is 30.9 Å². The molecule has 3 N–H and O–H groups in total. The summed E-state index contributed by atoms with van der Waals surface area (Å²) in [6.45, 7) is 0.727. The Morgan fingerprint density at radius 2 is 2.05 bits per heavy atom. The van der Waals surface area contributed by atoms with Crippen molar-refractivity contribution in [2.75, 3.05) is 13.1 Å². The number of hydrogen-bond donors (Lipinski definition) is 2. The zero-order valence-corrected chi connectivity index (χ0v) is 11.5. The summed E-state index contributed by atoms with van der Waals surface area (Å²) in [5.41, 5.74) is 5.82. The molecule has 1 saturated carbocycles. The van der Waals surface area contributed by atoms with Crippen LogP contribution in [0.4, 0.5) is 0 Å². The molecule has 0 unspecified atom stereocenters. The molecule has 0 radical (unpaired) electrons. The second kappa shape index (κ2) is 6.20. The maximum Gasteiger partial charge on any atom is 0.241 e. The van der Waals surface area contributed by atoms with Crippen LogP contribution in [0.1, 0.15) is 24.8 Å². The zero-order valence-electron chi connectivity index (χ0n) is 10.7. The monoisotopic (exact) mass is 278 g/mol. The Morgan fingerprint density at radius 1 is 1.32 bits per heavy atom. The molecule has 5 heteroatoms. The Morgan fingerprint density at radius 3 is 2.68 bits per heavy atom. The summed E-state index contributed by atoms with van der Waals surface area (Å²) in [6.07, 6.45) is 3.42. The van der Waals surface area contributed by atoms with Crippen LogP contribution in [-0.2, 0) is 10.0 Å². The molecular weight excluding hydrogens is 260 g/mol. The van der Waals surface area contributed by atoms with Crippen LogP contribution in [0.2, 0.25) is 0 Å². The van der Waals surface area contributed by atoms with Gasteiger partial charge in [0.05, 0.1) is 11.4 Å². The molecule has 0 aliphatic heterocycles. The topological polar surface area (TPSA) is 72.2 Å². The second-order valence-corrected chi connectivity index (χ2v) is 6.39. The first kappa shape index (κ1) is 14.1. The van der Waals surface area contributed by atoms with Gasteiger partial charge in [0.1, 0.15) is 0 Å². The third kappa shape index (κ3) is 3.57. The summed E-state index contributed by atoms with van der Waals surface area (Å²) >= 11 is 0. The van der Waals surface area contributed by atoms with E-state index in [9.17, 15) is 8.42 Å². The standard InChI is InChI=1S/C14H18N2O2S/c15-10-4-8-13-7-1-2-9-14(13)19(17,18)16-11-12-5-3-6-12/h1-2,7,9,12,16H,3,5-6,10-11,15H2. The van der Waals surface area contributed by atoms with Crippen LogP contribution in [0, 0.1) is 17.8 Å². The molecule has 0 atom stereocenters. The van der Waals surface area contributed by atoms with Gasteiger partial charge in [-0.3, -0.25) is 0 Å². The van der Waals surface area contributed by atoms with Crippen LogP contribution in [0.15, 0.2) is 29.2 Å². The van der Waals surface area contributed by atoms with Gasteiger partial charge in [-0.15, -0.1) is 0 Å². The first-order chi connectivity index (χ1) is 9.13. The van der Waals surface area contributed by atoms with Crippen molar-refractivity contribution in [1.29, 1.82) is 0 Å². The van der Waals surface area contributed by atoms with E-state index in [0.717, 1.165) is 12.8 Å². The molecule has 1 fully saturated rings. The molecule has 1 aromatic carbocycles. The molecule has 0 aromatic heterocycles. The van der Waals surface area contributed by atoms with Crippen molar-refractivity contribution in [3.05, 3.63) is 29.8 Å². The summed E-state index contributed by atoms with van der Waals surface area (Å²) < 4.78 is 27.2. The van der Waals surface area contributed by atoms with Gasteiger partial charge in [-0.2, -0.15) is 0 Å². The minimum atomic E-state index is -3.49. The number of rotatable bonds is 4. The quantitative estimate of drug-likeness (QED) is 0.809. The normalized spacial score (nSPS) is 15.4. The molecule has 19 heavy (non-hydrogen) atoms. The van der Waals surface area contributed by atoms with Crippen LogP contribution in [0.5, 0.6) is 0 Å². The van der Waals surface area contributed by atoms with Gasteiger partial charge >= 0.3 is 0 Å². The summed E-state index contributed by atoms with van der Waals surface area (Å²) in [7, 11) is -3.49. The number of nitrogens with two attached hydrogens (primary N) is 1. The zero-order chi connectivity index (χ0) is 13.7. The summed E-state index contributed by atoms with van der Waals surface area (Å²) in [6, 6.07) is 6.74. The van der Waals surface area contributed by atoms with Gasteiger partial charge in [-0.1, -0.05) is 30.4 Å². The third-order valence-electron chi connectivity index (χ3n) is 3.29. The van der Waals surface area contributed by atoms with Gasteiger partial charge < -0.3 is 5.73 Å². The highest BCUT2D eigenvalue weighted by molar-refractivity contribution is 7.89. The van der Waals surface area contributed by atoms with Crippen molar-refractivity contribution >= 4 is 10.0 Å². The average molecular weight is 278 g/mol. The molecular formula is C14H18N2O2S. The highest BCUT2D eigenvalue weighted by Gasteiger charge is 2.22. The number of benzene rings is 1. The van der Waals surface area contributed by atoms with Crippen LogP contribution in [-0.4, -0.2) is 21.5 Å². The fraction of sp³-hybridized carbons (Fsp3) is 0.429. The largest absolute Gasteiger partial charge is 0.320 e. The summed E-state index contributed by atoms with van der Waals surface area (Å²) in [5.74, 6) is 5.97. The highest BCUT2D eigenvalue weighted by atomic mass is 32.2. The van der Waals surface area contributed by atoms with Crippen molar-refractivity contribution in [1.82, 2.24) is 4.72 Å². The lowest BCUT2D eigenvalue weighted by atomic mass is 9.86. The van der Waals surface area contributed by atoms with Gasteiger partial charge in [0.15, 0.2) is 0 Å². The first-order valence-electron chi connectivity index (χ1n) is 6.41. The predicted octanol–water partition coefficient (Wildman–Crippen LogP) is 1.08. The molecule has 0 bridgehead atoms. The van der Waals surface area contributed by atoms with Crippen LogP contribution in [0.3, 0.4) is 0 Å². The number of nitrogens with one attached hydrogen (secondary N) is 1. The van der Waals surface area contributed by atoms with Gasteiger partial charge in [0.25, 0.3) is 0 Å².